The maximum absolute atomic E-state index is 10.3. The highest BCUT2D eigenvalue weighted by atomic mass is 16.5. The number of benzene rings is 2. The summed E-state index contributed by atoms with van der Waals surface area (Å²) in [6, 6.07) is 7.25. The predicted molar refractivity (Wildman–Crippen MR) is 72.4 cm³/mol. The van der Waals surface area contributed by atoms with Crippen LogP contribution in [0.3, 0.4) is 0 Å². The van der Waals surface area contributed by atoms with Crippen molar-refractivity contribution in [2.75, 3.05) is 6.61 Å². The summed E-state index contributed by atoms with van der Waals surface area (Å²) in [5, 5.41) is 21.8. The van der Waals surface area contributed by atoms with E-state index in [4.69, 9.17) is 4.74 Å². The van der Waals surface area contributed by atoms with Crippen molar-refractivity contribution in [2.45, 2.75) is 26.7 Å². The van der Waals surface area contributed by atoms with Crippen LogP contribution in [0.4, 0.5) is 0 Å². The van der Waals surface area contributed by atoms with Gasteiger partial charge in [0.1, 0.15) is 5.75 Å². The molecule has 18 heavy (non-hydrogen) atoms. The summed E-state index contributed by atoms with van der Waals surface area (Å²) in [5.74, 6) is 0.737. The fraction of sp³-hybridized carbons (Fsp3) is 0.333. The highest BCUT2D eigenvalue weighted by Gasteiger charge is 2.18. The van der Waals surface area contributed by atoms with Crippen molar-refractivity contribution in [1.29, 1.82) is 0 Å². The Bertz CT molecular complexity index is 561. The summed E-state index contributed by atoms with van der Waals surface area (Å²) >= 11 is 0. The molecule has 0 aromatic heterocycles. The molecule has 0 aliphatic carbocycles. The third kappa shape index (κ3) is 1.96. The van der Waals surface area contributed by atoms with Gasteiger partial charge in [0.2, 0.25) is 0 Å². The number of phenols is 2. The molecule has 3 heteroatoms. The molecule has 96 valence electrons. The Kier molecular flexibility index (Phi) is 3.60. The Morgan fingerprint density at radius 2 is 1.61 bits per heavy atom. The minimum atomic E-state index is 0.119. The molecule has 0 aliphatic rings. The van der Waals surface area contributed by atoms with Gasteiger partial charge in [-0.1, -0.05) is 38.1 Å². The highest BCUT2D eigenvalue weighted by molar-refractivity contribution is 5.96. The first-order chi connectivity index (χ1) is 8.70. The minimum absolute atomic E-state index is 0.119. The normalized spacial score (nSPS) is 10.8. The lowest BCUT2D eigenvalue weighted by Crippen LogP contribution is -2.00. The average Bonchev–Trinajstić information content (AvgIpc) is 2.41. The van der Waals surface area contributed by atoms with E-state index in [-0.39, 0.29) is 11.5 Å². The van der Waals surface area contributed by atoms with E-state index in [1.54, 1.807) is 12.1 Å². The molecule has 2 aromatic rings. The number of rotatable bonds is 4. The molecule has 0 spiro atoms. The van der Waals surface area contributed by atoms with Crippen LogP contribution in [-0.4, -0.2) is 16.8 Å². The first kappa shape index (κ1) is 12.6. The molecule has 0 aliphatic heterocycles. The standard InChI is InChI=1S/C15H18O3/c1-3-9-18-15-10(4-2)13(16)11-7-5-6-8-12(11)14(15)17/h5-8,16-17H,3-4,9H2,1-2H3. The number of hydrogen-bond donors (Lipinski definition) is 2. The summed E-state index contributed by atoms with van der Waals surface area (Å²) in [7, 11) is 0. The zero-order valence-electron chi connectivity index (χ0n) is 10.7. The molecule has 0 radical (unpaired) electrons. The molecule has 0 heterocycles. The first-order valence-electron chi connectivity index (χ1n) is 6.29. The Balaban J connectivity index is 2.71. The van der Waals surface area contributed by atoms with Crippen molar-refractivity contribution >= 4 is 10.8 Å². The van der Waals surface area contributed by atoms with Gasteiger partial charge in [-0.25, -0.2) is 0 Å². The van der Waals surface area contributed by atoms with Gasteiger partial charge in [0.25, 0.3) is 0 Å². The van der Waals surface area contributed by atoms with Gasteiger partial charge < -0.3 is 14.9 Å². The van der Waals surface area contributed by atoms with E-state index in [0.717, 1.165) is 6.42 Å². The van der Waals surface area contributed by atoms with E-state index in [2.05, 4.69) is 0 Å². The van der Waals surface area contributed by atoms with Crippen molar-refractivity contribution < 1.29 is 14.9 Å². The molecule has 2 N–H and O–H groups in total. The number of hydrogen-bond acceptors (Lipinski definition) is 3. The smallest absolute Gasteiger partial charge is 0.168 e. The largest absolute Gasteiger partial charge is 0.507 e. The molecule has 0 saturated carbocycles. The lowest BCUT2D eigenvalue weighted by Gasteiger charge is -2.16. The second kappa shape index (κ2) is 5.17. The fourth-order valence-electron chi connectivity index (χ4n) is 2.12. The van der Waals surface area contributed by atoms with Gasteiger partial charge in [0, 0.05) is 16.3 Å². The van der Waals surface area contributed by atoms with Gasteiger partial charge in [0.15, 0.2) is 11.5 Å². The fourth-order valence-corrected chi connectivity index (χ4v) is 2.12. The molecule has 0 fully saturated rings. The molecule has 0 amide bonds. The van der Waals surface area contributed by atoms with E-state index in [1.807, 2.05) is 26.0 Å². The van der Waals surface area contributed by atoms with Crippen LogP contribution in [0.1, 0.15) is 25.8 Å². The number of ether oxygens (including phenoxy) is 1. The summed E-state index contributed by atoms with van der Waals surface area (Å²) in [5.41, 5.74) is 0.666. The number of aromatic hydroxyl groups is 2. The zero-order chi connectivity index (χ0) is 13.1. The molecule has 2 aromatic carbocycles. The predicted octanol–water partition coefficient (Wildman–Crippen LogP) is 3.60. The van der Waals surface area contributed by atoms with Crippen LogP contribution >= 0.6 is 0 Å². The number of phenolic OH excluding ortho intramolecular Hbond substituents is 2. The molecule has 2 rings (SSSR count). The van der Waals surface area contributed by atoms with Gasteiger partial charge in [-0.05, 0) is 12.8 Å². The van der Waals surface area contributed by atoms with E-state index in [0.29, 0.717) is 35.1 Å². The summed E-state index contributed by atoms with van der Waals surface area (Å²) in [6.07, 6.45) is 1.47. The Hall–Kier alpha value is -1.90. The minimum Gasteiger partial charge on any atom is -0.507 e. The van der Waals surface area contributed by atoms with Gasteiger partial charge >= 0.3 is 0 Å². The second-order valence-corrected chi connectivity index (χ2v) is 4.25. The lowest BCUT2D eigenvalue weighted by molar-refractivity contribution is 0.295. The van der Waals surface area contributed by atoms with Crippen molar-refractivity contribution in [3.63, 3.8) is 0 Å². The second-order valence-electron chi connectivity index (χ2n) is 4.25. The van der Waals surface area contributed by atoms with Crippen molar-refractivity contribution in [3.05, 3.63) is 29.8 Å². The molecule has 0 saturated heterocycles. The van der Waals surface area contributed by atoms with Gasteiger partial charge in [-0.15, -0.1) is 0 Å². The van der Waals surface area contributed by atoms with E-state index in [1.165, 1.54) is 0 Å². The van der Waals surface area contributed by atoms with Crippen molar-refractivity contribution in [1.82, 2.24) is 0 Å². The molecule has 0 unspecified atom stereocenters. The van der Waals surface area contributed by atoms with Crippen LogP contribution in [0.15, 0.2) is 24.3 Å². The summed E-state index contributed by atoms with van der Waals surface area (Å²) < 4.78 is 5.59. The summed E-state index contributed by atoms with van der Waals surface area (Å²) in [6.45, 7) is 4.46. The third-order valence-electron chi connectivity index (χ3n) is 3.02. The quantitative estimate of drug-likeness (QED) is 0.810. The van der Waals surface area contributed by atoms with Gasteiger partial charge in [-0.2, -0.15) is 0 Å². The monoisotopic (exact) mass is 246 g/mol. The van der Waals surface area contributed by atoms with Gasteiger partial charge in [0.05, 0.1) is 6.61 Å². The number of fused-ring (bicyclic) bond motifs is 1. The van der Waals surface area contributed by atoms with Gasteiger partial charge in [-0.3, -0.25) is 0 Å². The summed E-state index contributed by atoms with van der Waals surface area (Å²) in [4.78, 5) is 0. The van der Waals surface area contributed by atoms with Crippen LogP contribution < -0.4 is 4.74 Å². The molecular formula is C15H18O3. The average molecular weight is 246 g/mol. The Morgan fingerprint density at radius 3 is 2.17 bits per heavy atom. The topological polar surface area (TPSA) is 49.7 Å². The van der Waals surface area contributed by atoms with E-state index >= 15 is 0 Å². The van der Waals surface area contributed by atoms with E-state index < -0.39 is 0 Å². The van der Waals surface area contributed by atoms with Crippen LogP contribution in [0.2, 0.25) is 0 Å². The highest BCUT2D eigenvalue weighted by Crippen LogP contribution is 2.44. The van der Waals surface area contributed by atoms with Crippen LogP contribution in [0.25, 0.3) is 10.8 Å². The lowest BCUT2D eigenvalue weighted by atomic mass is 10.0. The maximum Gasteiger partial charge on any atom is 0.168 e. The van der Waals surface area contributed by atoms with Crippen LogP contribution in [-0.2, 0) is 6.42 Å². The Labute approximate surface area is 107 Å². The first-order valence-corrected chi connectivity index (χ1v) is 6.29. The van der Waals surface area contributed by atoms with Crippen LogP contribution in [0, 0.1) is 0 Å². The van der Waals surface area contributed by atoms with Crippen molar-refractivity contribution in [2.24, 2.45) is 0 Å². The van der Waals surface area contributed by atoms with Crippen molar-refractivity contribution in [3.8, 4) is 17.2 Å². The Morgan fingerprint density at radius 1 is 1.00 bits per heavy atom. The SMILES string of the molecule is CCCOc1c(CC)c(O)c2ccccc2c1O. The van der Waals surface area contributed by atoms with E-state index in [9.17, 15) is 10.2 Å². The zero-order valence-corrected chi connectivity index (χ0v) is 10.7. The maximum atomic E-state index is 10.3. The van der Waals surface area contributed by atoms with Crippen LogP contribution in [0.5, 0.6) is 17.2 Å². The third-order valence-corrected chi connectivity index (χ3v) is 3.02. The molecule has 0 bridgehead atoms. The molecule has 0 atom stereocenters. The molecular weight excluding hydrogens is 228 g/mol. The molecule has 3 nitrogen and oxygen atoms in total.